The number of nitrogens with zero attached hydrogens (tertiary/aromatic N) is 4. The van der Waals surface area contributed by atoms with Gasteiger partial charge in [-0.2, -0.15) is 0 Å². The number of aromatic nitrogens is 3. The summed E-state index contributed by atoms with van der Waals surface area (Å²) in [5.41, 5.74) is 2.86. The maximum absolute atomic E-state index is 12.7. The molecule has 3 aromatic rings. The summed E-state index contributed by atoms with van der Waals surface area (Å²) in [5, 5.41) is 15.6. The normalized spacial score (nSPS) is 17.4. The molecule has 1 aliphatic heterocycles. The van der Waals surface area contributed by atoms with E-state index in [1.165, 1.54) is 11.3 Å². The molecule has 0 radical (unpaired) electrons. The predicted molar refractivity (Wildman–Crippen MR) is 95.6 cm³/mol. The van der Waals surface area contributed by atoms with Gasteiger partial charge in [-0.15, -0.1) is 10.2 Å². The number of fused-ring (bicyclic) bond motifs is 1. The predicted octanol–water partition coefficient (Wildman–Crippen LogP) is 2.10. The third-order valence-electron chi connectivity index (χ3n) is 4.51. The third-order valence-corrected chi connectivity index (χ3v) is 5.11. The van der Waals surface area contributed by atoms with Crippen LogP contribution >= 0.6 is 11.3 Å². The van der Waals surface area contributed by atoms with Crippen molar-refractivity contribution in [3.05, 3.63) is 35.5 Å². The lowest BCUT2D eigenvalue weighted by atomic mass is 9.96. The molecule has 2 aromatic heterocycles. The van der Waals surface area contributed by atoms with E-state index in [0.29, 0.717) is 29.5 Å². The maximum atomic E-state index is 12.7. The van der Waals surface area contributed by atoms with Gasteiger partial charge in [-0.1, -0.05) is 28.6 Å². The second-order valence-electron chi connectivity index (χ2n) is 6.21. The van der Waals surface area contributed by atoms with Gasteiger partial charge in [0.1, 0.15) is 11.2 Å². The third kappa shape index (κ3) is 3.43. The molecule has 0 saturated carbocycles. The van der Waals surface area contributed by atoms with Gasteiger partial charge in [-0.3, -0.25) is 9.59 Å². The van der Waals surface area contributed by atoms with E-state index in [0.717, 1.165) is 18.2 Å². The highest BCUT2D eigenvalue weighted by Gasteiger charge is 2.29. The number of carbonyl (C=O) groups excluding carboxylic acids is 2. The number of hydrogen-bond acceptors (Lipinski definition) is 7. The van der Waals surface area contributed by atoms with Gasteiger partial charge in [0.2, 0.25) is 16.9 Å². The largest absolute Gasteiger partial charge is 0.356 e. The van der Waals surface area contributed by atoms with Gasteiger partial charge in [0.15, 0.2) is 5.58 Å². The quantitative estimate of drug-likeness (QED) is 0.754. The molecule has 8 nitrogen and oxygen atoms in total. The zero-order valence-electron chi connectivity index (χ0n) is 13.9. The molecule has 0 spiro atoms. The minimum absolute atomic E-state index is 0.0440. The number of likely N-dealkylation sites (tertiary alicyclic amines) is 1. The molecule has 1 aromatic carbocycles. The molecule has 26 heavy (non-hydrogen) atoms. The Bertz CT molecular complexity index is 924. The summed E-state index contributed by atoms with van der Waals surface area (Å²) in [6.07, 6.45) is 1.71. The standard InChI is InChI=1S/C17H17N5O3S/c23-15(8-13-12-5-1-2-6-14(12)25-21-13)22-7-3-4-11(9-22)16(24)19-17-20-18-10-26-17/h1-2,5-6,10-11H,3-4,7-9H2,(H,19,20,24)/t11-/m1/s1. The zero-order chi connectivity index (χ0) is 17.9. The van der Waals surface area contributed by atoms with Gasteiger partial charge in [0.05, 0.1) is 12.3 Å². The topological polar surface area (TPSA) is 101 Å². The van der Waals surface area contributed by atoms with Crippen molar-refractivity contribution in [3.8, 4) is 0 Å². The van der Waals surface area contributed by atoms with Crippen molar-refractivity contribution in [2.45, 2.75) is 19.3 Å². The Labute approximate surface area is 153 Å². The smallest absolute Gasteiger partial charge is 0.231 e. The van der Waals surface area contributed by atoms with Crippen LogP contribution in [0, 0.1) is 5.92 Å². The van der Waals surface area contributed by atoms with Crippen LogP contribution in [0.25, 0.3) is 11.0 Å². The molecular weight excluding hydrogens is 354 g/mol. The highest BCUT2D eigenvalue weighted by Crippen LogP contribution is 2.22. The maximum Gasteiger partial charge on any atom is 0.231 e. The molecule has 3 heterocycles. The second-order valence-corrected chi connectivity index (χ2v) is 7.05. The summed E-state index contributed by atoms with van der Waals surface area (Å²) in [6.45, 7) is 1.05. The monoisotopic (exact) mass is 371 g/mol. The van der Waals surface area contributed by atoms with Crippen LogP contribution in [0.3, 0.4) is 0 Å². The molecule has 4 rings (SSSR count). The summed E-state index contributed by atoms with van der Waals surface area (Å²) in [4.78, 5) is 26.8. The lowest BCUT2D eigenvalue weighted by Crippen LogP contribution is -2.44. The molecule has 1 atom stereocenters. The Balaban J connectivity index is 1.40. The minimum Gasteiger partial charge on any atom is -0.356 e. The second kappa shape index (κ2) is 7.20. The number of carbonyl (C=O) groups is 2. The highest BCUT2D eigenvalue weighted by molar-refractivity contribution is 7.13. The molecule has 1 N–H and O–H groups in total. The Morgan fingerprint density at radius 3 is 3.08 bits per heavy atom. The number of para-hydroxylation sites is 1. The first-order chi connectivity index (χ1) is 12.7. The number of piperidine rings is 1. The number of nitrogens with one attached hydrogen (secondary N) is 1. The Kier molecular flexibility index (Phi) is 4.61. The lowest BCUT2D eigenvalue weighted by molar-refractivity contribution is -0.134. The fourth-order valence-electron chi connectivity index (χ4n) is 3.17. The molecule has 1 saturated heterocycles. The fraction of sp³-hybridized carbons (Fsp3) is 0.353. The van der Waals surface area contributed by atoms with Gasteiger partial charge < -0.3 is 14.7 Å². The first-order valence-corrected chi connectivity index (χ1v) is 9.27. The van der Waals surface area contributed by atoms with Crippen LogP contribution in [0.4, 0.5) is 5.13 Å². The molecule has 2 amide bonds. The van der Waals surface area contributed by atoms with E-state index in [1.807, 2.05) is 24.3 Å². The van der Waals surface area contributed by atoms with Crippen LogP contribution in [-0.2, 0) is 16.0 Å². The van der Waals surface area contributed by atoms with Crippen LogP contribution in [0.2, 0.25) is 0 Å². The molecule has 0 aliphatic carbocycles. The van der Waals surface area contributed by atoms with Crippen molar-refractivity contribution in [2.24, 2.45) is 5.92 Å². The number of benzene rings is 1. The molecule has 0 unspecified atom stereocenters. The van der Waals surface area contributed by atoms with E-state index >= 15 is 0 Å². The van der Waals surface area contributed by atoms with Crippen LogP contribution in [0.5, 0.6) is 0 Å². The number of anilines is 1. The summed E-state index contributed by atoms with van der Waals surface area (Å²) in [7, 11) is 0. The van der Waals surface area contributed by atoms with Crippen LogP contribution in [0.15, 0.2) is 34.3 Å². The summed E-state index contributed by atoms with van der Waals surface area (Å²) in [6, 6.07) is 7.47. The Hall–Kier alpha value is -2.81. The molecule has 134 valence electrons. The summed E-state index contributed by atoms with van der Waals surface area (Å²) < 4.78 is 5.26. The van der Waals surface area contributed by atoms with E-state index < -0.39 is 0 Å². The van der Waals surface area contributed by atoms with Crippen LogP contribution in [0.1, 0.15) is 18.5 Å². The average molecular weight is 371 g/mol. The van der Waals surface area contributed by atoms with E-state index in [9.17, 15) is 9.59 Å². The molecule has 9 heteroatoms. The van der Waals surface area contributed by atoms with Crippen molar-refractivity contribution in [1.82, 2.24) is 20.3 Å². The Morgan fingerprint density at radius 2 is 2.23 bits per heavy atom. The first-order valence-electron chi connectivity index (χ1n) is 8.39. The summed E-state index contributed by atoms with van der Waals surface area (Å²) in [5.74, 6) is -0.408. The van der Waals surface area contributed by atoms with Crippen molar-refractivity contribution in [1.29, 1.82) is 0 Å². The fourth-order valence-corrected chi connectivity index (χ4v) is 3.62. The van der Waals surface area contributed by atoms with Gasteiger partial charge in [0, 0.05) is 18.5 Å². The molecule has 1 aliphatic rings. The highest BCUT2D eigenvalue weighted by atomic mass is 32.1. The SMILES string of the molecule is O=C(Nc1nncs1)[C@@H]1CCCN(C(=O)Cc2noc3ccccc23)C1. The van der Waals surface area contributed by atoms with E-state index in [2.05, 4.69) is 20.7 Å². The van der Waals surface area contributed by atoms with Gasteiger partial charge >= 0.3 is 0 Å². The number of amides is 2. The number of hydrogen-bond donors (Lipinski definition) is 1. The molecular formula is C17H17N5O3S. The van der Waals surface area contributed by atoms with Crippen molar-refractivity contribution in [3.63, 3.8) is 0 Å². The van der Waals surface area contributed by atoms with Gasteiger partial charge in [-0.05, 0) is 25.0 Å². The van der Waals surface area contributed by atoms with Crippen molar-refractivity contribution >= 4 is 39.3 Å². The van der Waals surface area contributed by atoms with E-state index in [4.69, 9.17) is 4.52 Å². The van der Waals surface area contributed by atoms with Crippen molar-refractivity contribution in [2.75, 3.05) is 18.4 Å². The van der Waals surface area contributed by atoms with Crippen LogP contribution < -0.4 is 5.32 Å². The van der Waals surface area contributed by atoms with E-state index in [1.54, 1.807) is 10.4 Å². The number of rotatable bonds is 4. The Morgan fingerprint density at radius 1 is 1.35 bits per heavy atom. The van der Waals surface area contributed by atoms with Crippen molar-refractivity contribution < 1.29 is 14.1 Å². The lowest BCUT2D eigenvalue weighted by Gasteiger charge is -2.31. The van der Waals surface area contributed by atoms with Gasteiger partial charge in [0.25, 0.3) is 0 Å². The molecule has 0 bridgehead atoms. The van der Waals surface area contributed by atoms with Gasteiger partial charge in [-0.25, -0.2) is 0 Å². The van der Waals surface area contributed by atoms with E-state index in [-0.39, 0.29) is 24.2 Å². The minimum atomic E-state index is -0.245. The molecule has 1 fully saturated rings. The summed E-state index contributed by atoms with van der Waals surface area (Å²) >= 11 is 1.27. The average Bonchev–Trinajstić information content (AvgIpc) is 3.32. The van der Waals surface area contributed by atoms with Crippen LogP contribution in [-0.4, -0.2) is 45.2 Å². The first kappa shape index (κ1) is 16.6. The zero-order valence-corrected chi connectivity index (χ0v) is 14.7.